The van der Waals surface area contributed by atoms with E-state index in [0.717, 1.165) is 6.42 Å². The summed E-state index contributed by atoms with van der Waals surface area (Å²) in [5, 5.41) is 4.09. The van der Waals surface area contributed by atoms with E-state index in [1.54, 1.807) is 22.3 Å². The molecule has 1 N–H and O–H groups in total. The Kier molecular flexibility index (Phi) is 14.8. The van der Waals surface area contributed by atoms with Crippen LogP contribution in [0.1, 0.15) is 203 Å². The maximum atomic E-state index is 4.09. The summed E-state index contributed by atoms with van der Waals surface area (Å²) in [4.78, 5) is 2.64. The van der Waals surface area contributed by atoms with Gasteiger partial charge in [-0.25, -0.2) is 0 Å². The Morgan fingerprint density at radius 3 is 1.33 bits per heavy atom. The van der Waals surface area contributed by atoms with Gasteiger partial charge in [-0.2, -0.15) is 0 Å². The number of benzene rings is 6. The third-order valence-electron chi connectivity index (χ3n) is 16.7. The number of hydrogen-bond acceptors (Lipinski definition) is 2. The lowest BCUT2D eigenvalue weighted by atomic mass is 9.67. The molecule has 67 heavy (non-hydrogen) atoms. The summed E-state index contributed by atoms with van der Waals surface area (Å²) in [6, 6.07) is 52.3. The van der Waals surface area contributed by atoms with Gasteiger partial charge in [-0.1, -0.05) is 228 Å². The Bertz CT molecular complexity index is 2560. The van der Waals surface area contributed by atoms with Crippen molar-refractivity contribution in [3.8, 4) is 22.3 Å². The monoisotopic (exact) mass is 889 g/mol. The van der Waals surface area contributed by atoms with Gasteiger partial charge in [0.15, 0.2) is 0 Å². The van der Waals surface area contributed by atoms with E-state index in [0.29, 0.717) is 0 Å². The topological polar surface area (TPSA) is 15.3 Å². The Morgan fingerprint density at radius 2 is 0.806 bits per heavy atom. The molecule has 0 aromatic heterocycles. The van der Waals surface area contributed by atoms with Gasteiger partial charge >= 0.3 is 0 Å². The van der Waals surface area contributed by atoms with Crippen LogP contribution in [0.3, 0.4) is 0 Å². The van der Waals surface area contributed by atoms with Crippen molar-refractivity contribution in [2.75, 3.05) is 10.2 Å². The highest BCUT2D eigenvalue weighted by atomic mass is 15.3. The quantitative estimate of drug-likeness (QED) is 0.0576. The summed E-state index contributed by atoms with van der Waals surface area (Å²) >= 11 is 0. The third kappa shape index (κ3) is 8.59. The van der Waals surface area contributed by atoms with Crippen LogP contribution in [0.25, 0.3) is 22.3 Å². The molecule has 0 bridgehead atoms. The van der Waals surface area contributed by atoms with Crippen molar-refractivity contribution >= 4 is 22.7 Å². The molecule has 1 aliphatic heterocycles. The number of nitrogens with zero attached hydrogens (tertiary/aromatic N) is 1. The summed E-state index contributed by atoms with van der Waals surface area (Å²) in [6.07, 6.45) is 26.5. The largest absolute Gasteiger partial charge is 0.356 e. The second-order valence-electron chi connectivity index (χ2n) is 20.8. The fourth-order valence-corrected chi connectivity index (χ4v) is 13.3. The molecule has 0 amide bonds. The van der Waals surface area contributed by atoms with Crippen molar-refractivity contribution < 1.29 is 0 Å². The molecule has 2 heteroatoms. The van der Waals surface area contributed by atoms with Gasteiger partial charge < -0.3 is 10.2 Å². The number of para-hydroxylation sites is 2. The maximum absolute atomic E-state index is 4.09. The Balaban J connectivity index is 1.13. The average Bonchev–Trinajstić information content (AvgIpc) is 3.78. The molecule has 1 atom stereocenters. The zero-order valence-electron chi connectivity index (χ0n) is 42.0. The SMILES string of the molecule is CCCCCCC1(CCCCCC)c2ccccc2-c2ccc(Nc3ccc4c(c3)C(CCCCCC)(CCCCCC)c3cc(C5(CC)c6ccccc6N5c5ccccc5)ccc3-4)cc21. The minimum Gasteiger partial charge on any atom is -0.356 e. The number of anilines is 4. The zero-order valence-corrected chi connectivity index (χ0v) is 42.0. The van der Waals surface area contributed by atoms with Crippen LogP contribution in [0.2, 0.25) is 0 Å². The fourth-order valence-electron chi connectivity index (χ4n) is 13.3. The Morgan fingerprint density at radius 1 is 0.373 bits per heavy atom. The molecule has 9 rings (SSSR count). The summed E-state index contributed by atoms with van der Waals surface area (Å²) in [5.74, 6) is 0. The van der Waals surface area contributed by atoms with Crippen molar-refractivity contribution in [2.24, 2.45) is 0 Å². The first-order chi connectivity index (χ1) is 33.0. The lowest BCUT2D eigenvalue weighted by molar-refractivity contribution is 0.399. The lowest BCUT2D eigenvalue weighted by Gasteiger charge is -2.55. The second-order valence-corrected chi connectivity index (χ2v) is 20.8. The molecule has 6 aromatic carbocycles. The third-order valence-corrected chi connectivity index (χ3v) is 16.7. The number of rotatable bonds is 25. The van der Waals surface area contributed by atoms with Crippen LogP contribution in [-0.2, 0) is 16.4 Å². The molecule has 0 radical (unpaired) electrons. The minimum atomic E-state index is -0.223. The van der Waals surface area contributed by atoms with Gasteiger partial charge in [-0.3, -0.25) is 0 Å². The van der Waals surface area contributed by atoms with E-state index in [-0.39, 0.29) is 16.4 Å². The molecule has 1 heterocycles. The number of fused-ring (bicyclic) bond motifs is 7. The first-order valence-corrected chi connectivity index (χ1v) is 27.3. The van der Waals surface area contributed by atoms with Crippen molar-refractivity contribution in [1.29, 1.82) is 0 Å². The lowest BCUT2D eigenvalue weighted by Crippen LogP contribution is -2.52. The van der Waals surface area contributed by atoms with Gasteiger partial charge in [0.25, 0.3) is 0 Å². The zero-order chi connectivity index (χ0) is 46.3. The molecule has 2 aliphatic carbocycles. The van der Waals surface area contributed by atoms with Crippen molar-refractivity contribution in [1.82, 2.24) is 0 Å². The highest BCUT2D eigenvalue weighted by Crippen LogP contribution is 2.61. The van der Waals surface area contributed by atoms with Gasteiger partial charge in [0.2, 0.25) is 0 Å². The molecule has 6 aromatic rings. The normalized spacial score (nSPS) is 16.8. The van der Waals surface area contributed by atoms with E-state index in [4.69, 9.17) is 0 Å². The predicted octanol–water partition coefficient (Wildman–Crippen LogP) is 19.7. The molecule has 0 spiro atoms. The van der Waals surface area contributed by atoms with E-state index < -0.39 is 0 Å². The van der Waals surface area contributed by atoms with Crippen molar-refractivity contribution in [3.05, 3.63) is 167 Å². The standard InChI is InChI=1S/C65H80N2/c1-6-11-15-26-42-63(43-27-16-12-7-2)57-33-23-22-32-53(57)55-40-37-50(47-60(55)63)66-51-38-41-56-54-39-36-49(65(10-5)58-34-24-25-35-62(58)67(65)52-30-20-19-21-31-52)46-59(54)64(61(56)48-51,44-28-17-13-8-3)45-29-18-14-9-4/h19-25,30-41,46-48,66H,6-18,26-29,42-45H2,1-5H3. The smallest absolute Gasteiger partial charge is 0.0972 e. The summed E-state index contributed by atoms with van der Waals surface area (Å²) in [7, 11) is 0. The van der Waals surface area contributed by atoms with Crippen molar-refractivity contribution in [2.45, 2.75) is 186 Å². The Hall–Kier alpha value is -5.08. The van der Waals surface area contributed by atoms with Gasteiger partial charge in [0.1, 0.15) is 0 Å². The van der Waals surface area contributed by atoms with E-state index in [2.05, 4.69) is 178 Å². The van der Waals surface area contributed by atoms with Crippen LogP contribution < -0.4 is 10.2 Å². The molecule has 2 nitrogen and oxygen atoms in total. The predicted molar refractivity (Wildman–Crippen MR) is 290 cm³/mol. The number of nitrogens with one attached hydrogen (secondary N) is 1. The van der Waals surface area contributed by atoms with Gasteiger partial charge in [-0.05, 0) is 125 Å². The molecule has 3 aliphatic rings. The maximum Gasteiger partial charge on any atom is 0.0972 e. The van der Waals surface area contributed by atoms with E-state index >= 15 is 0 Å². The molecule has 0 saturated carbocycles. The summed E-state index contributed by atoms with van der Waals surface area (Å²) in [5.41, 5.74) is 19.8. The van der Waals surface area contributed by atoms with E-state index in [1.165, 1.54) is 185 Å². The average molecular weight is 889 g/mol. The van der Waals surface area contributed by atoms with Gasteiger partial charge in [-0.15, -0.1) is 0 Å². The molecule has 0 saturated heterocycles. The molecule has 1 unspecified atom stereocenters. The highest BCUT2D eigenvalue weighted by molar-refractivity contribution is 5.88. The van der Waals surface area contributed by atoms with Gasteiger partial charge in [0, 0.05) is 39.1 Å². The first-order valence-electron chi connectivity index (χ1n) is 27.3. The fraction of sp³-hybridized carbons (Fsp3) is 0.446. The molecular weight excluding hydrogens is 809 g/mol. The highest BCUT2D eigenvalue weighted by Gasteiger charge is 2.52. The van der Waals surface area contributed by atoms with Crippen LogP contribution >= 0.6 is 0 Å². The minimum absolute atomic E-state index is 0.0403. The first kappa shape index (κ1) is 47.0. The molecule has 0 fully saturated rings. The van der Waals surface area contributed by atoms with Crippen LogP contribution in [0.5, 0.6) is 0 Å². The Labute approximate surface area is 406 Å². The van der Waals surface area contributed by atoms with Gasteiger partial charge in [0.05, 0.1) is 5.54 Å². The van der Waals surface area contributed by atoms with Crippen LogP contribution in [0.15, 0.2) is 133 Å². The van der Waals surface area contributed by atoms with Crippen LogP contribution in [0, 0.1) is 0 Å². The van der Waals surface area contributed by atoms with Crippen LogP contribution in [-0.4, -0.2) is 0 Å². The van der Waals surface area contributed by atoms with E-state index in [9.17, 15) is 0 Å². The summed E-state index contributed by atoms with van der Waals surface area (Å²) in [6.45, 7) is 11.8. The molecular formula is C65H80N2. The van der Waals surface area contributed by atoms with Crippen LogP contribution in [0.4, 0.5) is 22.7 Å². The molecule has 350 valence electrons. The number of hydrogen-bond donors (Lipinski definition) is 1. The second kappa shape index (κ2) is 21.1. The number of unbranched alkanes of at least 4 members (excludes halogenated alkanes) is 12. The summed E-state index contributed by atoms with van der Waals surface area (Å²) < 4.78 is 0. The van der Waals surface area contributed by atoms with Crippen molar-refractivity contribution in [3.63, 3.8) is 0 Å². The van der Waals surface area contributed by atoms with E-state index in [1.807, 2.05) is 0 Å².